The van der Waals surface area contributed by atoms with Gasteiger partial charge >= 0.3 is 0 Å². The van der Waals surface area contributed by atoms with Gasteiger partial charge in [0.25, 0.3) is 0 Å². The zero-order chi connectivity index (χ0) is 14.0. The number of hydrogen-bond donors (Lipinski definition) is 2. The summed E-state index contributed by atoms with van der Waals surface area (Å²) in [6.07, 6.45) is 5.87. The number of unbranched alkanes of at least 4 members (excludes halogenated alkanes) is 2. The van der Waals surface area contributed by atoms with E-state index < -0.39 is 0 Å². The number of hydrogen-bond acceptors (Lipinski definition) is 3. The monoisotopic (exact) mass is 257 g/mol. The molecule has 0 aromatic carbocycles. The summed E-state index contributed by atoms with van der Waals surface area (Å²) >= 11 is 0. The molecule has 0 rings (SSSR count). The van der Waals surface area contributed by atoms with E-state index in [2.05, 4.69) is 23.9 Å². The molecule has 4 nitrogen and oxygen atoms in total. The summed E-state index contributed by atoms with van der Waals surface area (Å²) in [5.41, 5.74) is 5.49. The Bertz CT molecular complexity index is 231. The van der Waals surface area contributed by atoms with E-state index in [1.54, 1.807) is 0 Å². The zero-order valence-electron chi connectivity index (χ0n) is 12.6. The highest BCUT2D eigenvalue weighted by Crippen LogP contribution is 2.21. The van der Waals surface area contributed by atoms with Crippen LogP contribution in [0.5, 0.6) is 0 Å². The molecule has 0 radical (unpaired) electrons. The van der Waals surface area contributed by atoms with E-state index in [9.17, 15) is 0 Å². The molecule has 0 saturated heterocycles. The van der Waals surface area contributed by atoms with Crippen LogP contribution in [0.4, 0.5) is 0 Å². The Labute approximate surface area is 112 Å². The van der Waals surface area contributed by atoms with Gasteiger partial charge < -0.3 is 15.8 Å². The van der Waals surface area contributed by atoms with Crippen LogP contribution in [-0.4, -0.2) is 35.6 Å². The maximum atomic E-state index is 8.77. The quantitative estimate of drug-likeness (QED) is 0.274. The van der Waals surface area contributed by atoms with Gasteiger partial charge in [0.1, 0.15) is 5.84 Å². The molecule has 108 valence electrons. The van der Waals surface area contributed by atoms with Crippen LogP contribution in [0.2, 0.25) is 0 Å². The van der Waals surface area contributed by atoms with Crippen LogP contribution >= 0.6 is 0 Å². The minimum Gasteiger partial charge on any atom is -0.409 e. The number of oxime groups is 1. The Kier molecular flexibility index (Phi) is 8.81. The van der Waals surface area contributed by atoms with Crippen LogP contribution in [0, 0.1) is 5.41 Å². The molecule has 18 heavy (non-hydrogen) atoms. The molecular formula is C14H31N3O. The summed E-state index contributed by atoms with van der Waals surface area (Å²) < 4.78 is 0. The first-order chi connectivity index (χ1) is 8.47. The minimum atomic E-state index is -0.231. The fourth-order valence-corrected chi connectivity index (χ4v) is 1.80. The third kappa shape index (κ3) is 6.84. The second-order valence-corrected chi connectivity index (χ2v) is 5.67. The van der Waals surface area contributed by atoms with Crippen molar-refractivity contribution in [2.45, 2.75) is 59.8 Å². The van der Waals surface area contributed by atoms with Crippen molar-refractivity contribution in [2.75, 3.05) is 19.6 Å². The van der Waals surface area contributed by atoms with E-state index in [-0.39, 0.29) is 5.41 Å². The summed E-state index contributed by atoms with van der Waals surface area (Å²) in [4.78, 5) is 2.50. The predicted molar refractivity (Wildman–Crippen MR) is 78.1 cm³/mol. The van der Waals surface area contributed by atoms with Crippen LogP contribution in [0.1, 0.15) is 59.8 Å². The molecule has 0 fully saturated rings. The van der Waals surface area contributed by atoms with Gasteiger partial charge in [-0.3, -0.25) is 0 Å². The van der Waals surface area contributed by atoms with Crippen molar-refractivity contribution in [1.82, 2.24) is 4.90 Å². The van der Waals surface area contributed by atoms with Crippen molar-refractivity contribution < 1.29 is 5.21 Å². The molecule has 0 atom stereocenters. The van der Waals surface area contributed by atoms with Crippen LogP contribution in [-0.2, 0) is 0 Å². The molecule has 3 N–H and O–H groups in total. The van der Waals surface area contributed by atoms with Gasteiger partial charge in [0.15, 0.2) is 0 Å². The van der Waals surface area contributed by atoms with Crippen molar-refractivity contribution >= 4 is 5.84 Å². The lowest BCUT2D eigenvalue weighted by atomic mass is 9.88. The first-order valence-corrected chi connectivity index (χ1v) is 7.18. The van der Waals surface area contributed by atoms with Crippen molar-refractivity contribution in [2.24, 2.45) is 16.3 Å². The number of amidine groups is 1. The molecule has 0 aliphatic rings. The molecule has 0 spiro atoms. The Morgan fingerprint density at radius 1 is 1.11 bits per heavy atom. The number of nitrogens with two attached hydrogens (primary N) is 1. The standard InChI is InChI=1S/C14H31N3O/c1-5-7-10-17(11-8-6-2)12-9-14(3,4)13(15)16-18/h18H,5-12H2,1-4H3,(H2,15,16). The lowest BCUT2D eigenvalue weighted by molar-refractivity contribution is 0.234. The highest BCUT2D eigenvalue weighted by atomic mass is 16.4. The SMILES string of the molecule is CCCCN(CCCC)CCC(C)(C)C(N)=NO. The van der Waals surface area contributed by atoms with Crippen LogP contribution in [0.25, 0.3) is 0 Å². The van der Waals surface area contributed by atoms with Crippen molar-refractivity contribution in [1.29, 1.82) is 0 Å². The van der Waals surface area contributed by atoms with Crippen molar-refractivity contribution in [3.63, 3.8) is 0 Å². The molecule has 0 amide bonds. The second kappa shape index (κ2) is 9.20. The molecule has 0 saturated carbocycles. The van der Waals surface area contributed by atoms with Gasteiger partial charge in [-0.2, -0.15) is 0 Å². The van der Waals surface area contributed by atoms with Crippen molar-refractivity contribution in [3.8, 4) is 0 Å². The maximum Gasteiger partial charge on any atom is 0.144 e. The van der Waals surface area contributed by atoms with Gasteiger partial charge in [0.2, 0.25) is 0 Å². The lowest BCUT2D eigenvalue weighted by Crippen LogP contribution is -2.37. The summed E-state index contributed by atoms with van der Waals surface area (Å²) in [6.45, 7) is 11.8. The molecule has 0 aliphatic heterocycles. The second-order valence-electron chi connectivity index (χ2n) is 5.67. The molecular weight excluding hydrogens is 226 g/mol. The van der Waals surface area contributed by atoms with E-state index in [4.69, 9.17) is 10.9 Å². The topological polar surface area (TPSA) is 61.8 Å². The maximum absolute atomic E-state index is 8.77. The Morgan fingerprint density at radius 2 is 1.61 bits per heavy atom. The third-order valence-corrected chi connectivity index (χ3v) is 3.51. The van der Waals surface area contributed by atoms with E-state index >= 15 is 0 Å². The summed E-state index contributed by atoms with van der Waals surface area (Å²) in [6, 6.07) is 0. The Hall–Kier alpha value is -0.770. The van der Waals surface area contributed by atoms with E-state index in [0.717, 1.165) is 26.1 Å². The summed E-state index contributed by atoms with van der Waals surface area (Å²) in [7, 11) is 0. The minimum absolute atomic E-state index is 0.231. The van der Waals surface area contributed by atoms with Crippen LogP contribution in [0.3, 0.4) is 0 Å². The normalized spacial score (nSPS) is 13.3. The highest BCUT2D eigenvalue weighted by molar-refractivity contribution is 5.85. The summed E-state index contributed by atoms with van der Waals surface area (Å²) in [5.74, 6) is 0.327. The van der Waals surface area contributed by atoms with Crippen LogP contribution in [0.15, 0.2) is 5.16 Å². The molecule has 0 aromatic rings. The molecule has 0 unspecified atom stereocenters. The fourth-order valence-electron chi connectivity index (χ4n) is 1.80. The molecule has 0 bridgehead atoms. The fraction of sp³-hybridized carbons (Fsp3) is 0.929. The van der Waals surface area contributed by atoms with Gasteiger partial charge in [-0.15, -0.1) is 0 Å². The Morgan fingerprint density at radius 3 is 2.00 bits per heavy atom. The van der Waals surface area contributed by atoms with Crippen molar-refractivity contribution in [3.05, 3.63) is 0 Å². The average molecular weight is 257 g/mol. The number of nitrogens with zero attached hydrogens (tertiary/aromatic N) is 2. The van der Waals surface area contributed by atoms with E-state index in [1.165, 1.54) is 25.7 Å². The molecule has 0 aromatic heterocycles. The smallest absolute Gasteiger partial charge is 0.144 e. The summed E-state index contributed by atoms with van der Waals surface area (Å²) in [5, 5.41) is 11.9. The lowest BCUT2D eigenvalue weighted by Gasteiger charge is -2.28. The van der Waals surface area contributed by atoms with Gasteiger partial charge in [-0.1, -0.05) is 45.7 Å². The molecule has 0 aliphatic carbocycles. The van der Waals surface area contributed by atoms with E-state index in [1.807, 2.05) is 13.8 Å². The first kappa shape index (κ1) is 17.2. The predicted octanol–water partition coefficient (Wildman–Crippen LogP) is 3.05. The molecule has 4 heteroatoms. The van der Waals surface area contributed by atoms with Gasteiger partial charge in [-0.25, -0.2) is 0 Å². The average Bonchev–Trinajstić information content (AvgIpc) is 2.36. The zero-order valence-corrected chi connectivity index (χ0v) is 12.6. The molecule has 0 heterocycles. The number of rotatable bonds is 10. The van der Waals surface area contributed by atoms with E-state index in [0.29, 0.717) is 5.84 Å². The van der Waals surface area contributed by atoms with Gasteiger partial charge in [-0.05, 0) is 38.9 Å². The Balaban J connectivity index is 4.22. The first-order valence-electron chi connectivity index (χ1n) is 7.18. The van der Waals surface area contributed by atoms with Gasteiger partial charge in [0.05, 0.1) is 0 Å². The largest absolute Gasteiger partial charge is 0.409 e. The third-order valence-electron chi connectivity index (χ3n) is 3.51. The van der Waals surface area contributed by atoms with Gasteiger partial charge in [0, 0.05) is 5.41 Å². The van der Waals surface area contributed by atoms with Crippen LogP contribution < -0.4 is 5.73 Å². The highest BCUT2D eigenvalue weighted by Gasteiger charge is 2.24.